The number of hydrogen-bond donors (Lipinski definition) is 1. The van der Waals surface area contributed by atoms with Crippen molar-refractivity contribution in [3.05, 3.63) is 29.7 Å². The molecule has 0 aromatic carbocycles. The normalized spacial score (nSPS) is 24.7. The number of aryl methyl sites for hydroxylation is 1. The van der Waals surface area contributed by atoms with Gasteiger partial charge in [0.25, 0.3) is 0 Å². The molecule has 2 aromatic rings. The molecule has 1 saturated heterocycles. The molecule has 0 spiro atoms. The number of aromatic amines is 1. The van der Waals surface area contributed by atoms with Crippen LogP contribution >= 0.6 is 0 Å². The molecule has 6 heteroatoms. The maximum absolute atomic E-state index is 5.03. The zero-order valence-electron chi connectivity index (χ0n) is 11.4. The van der Waals surface area contributed by atoms with Crippen molar-refractivity contribution in [1.29, 1.82) is 0 Å². The minimum Gasteiger partial charge on any atom is -0.340 e. The second kappa shape index (κ2) is 4.77. The highest BCUT2D eigenvalue weighted by Gasteiger charge is 2.34. The van der Waals surface area contributed by atoms with E-state index < -0.39 is 0 Å². The Labute approximate surface area is 112 Å². The van der Waals surface area contributed by atoms with Crippen LogP contribution in [0.4, 0.5) is 0 Å². The van der Waals surface area contributed by atoms with Crippen molar-refractivity contribution in [3.63, 3.8) is 0 Å². The molecule has 3 heterocycles. The van der Waals surface area contributed by atoms with Crippen LogP contribution in [0.1, 0.15) is 37.2 Å². The van der Waals surface area contributed by atoms with Crippen LogP contribution in [0.25, 0.3) is 0 Å². The molecule has 1 aliphatic rings. The van der Waals surface area contributed by atoms with Crippen molar-refractivity contribution in [2.45, 2.75) is 38.6 Å². The van der Waals surface area contributed by atoms with Gasteiger partial charge in [-0.05, 0) is 25.5 Å². The van der Waals surface area contributed by atoms with E-state index in [0.717, 1.165) is 25.5 Å². The number of rotatable bonds is 3. The molecule has 2 aromatic heterocycles. The smallest absolute Gasteiger partial charge is 0.223 e. The average molecular weight is 261 g/mol. The number of likely N-dealkylation sites (tertiary alicyclic amines) is 1. The third-order valence-electron chi connectivity index (χ3n) is 3.86. The van der Waals surface area contributed by atoms with E-state index in [1.807, 2.05) is 13.1 Å². The van der Waals surface area contributed by atoms with Crippen LogP contribution in [-0.2, 0) is 12.0 Å². The van der Waals surface area contributed by atoms with Crippen LogP contribution in [-0.4, -0.2) is 38.3 Å². The first-order valence-electron chi connectivity index (χ1n) is 6.67. The summed E-state index contributed by atoms with van der Waals surface area (Å²) in [5, 5.41) is 11.2. The Morgan fingerprint density at radius 3 is 3.11 bits per heavy atom. The van der Waals surface area contributed by atoms with E-state index in [1.165, 1.54) is 18.5 Å². The molecule has 0 unspecified atom stereocenters. The van der Waals surface area contributed by atoms with Crippen LogP contribution in [0.5, 0.6) is 0 Å². The molecule has 0 saturated carbocycles. The van der Waals surface area contributed by atoms with E-state index in [4.69, 9.17) is 4.52 Å². The van der Waals surface area contributed by atoms with Gasteiger partial charge < -0.3 is 4.52 Å². The van der Waals surface area contributed by atoms with Gasteiger partial charge in [-0.2, -0.15) is 10.1 Å². The van der Waals surface area contributed by atoms with E-state index >= 15 is 0 Å². The predicted octanol–water partition coefficient (Wildman–Crippen LogP) is 1.65. The van der Waals surface area contributed by atoms with Gasteiger partial charge in [-0.3, -0.25) is 10.00 Å². The summed E-state index contributed by atoms with van der Waals surface area (Å²) in [5.41, 5.74) is 1.34. The van der Waals surface area contributed by atoms with Gasteiger partial charge in [0.05, 0.1) is 6.54 Å². The Morgan fingerprint density at radius 1 is 1.53 bits per heavy atom. The Kier molecular flexibility index (Phi) is 3.10. The zero-order valence-corrected chi connectivity index (χ0v) is 11.4. The predicted molar refractivity (Wildman–Crippen MR) is 69.5 cm³/mol. The maximum atomic E-state index is 5.03. The lowest BCUT2D eigenvalue weighted by atomic mass is 9.79. The Balaban J connectivity index is 1.71. The lowest BCUT2D eigenvalue weighted by Gasteiger charge is -2.39. The maximum Gasteiger partial charge on any atom is 0.223 e. The zero-order chi connectivity index (χ0) is 13.3. The third kappa shape index (κ3) is 2.53. The number of hydrogen-bond acceptors (Lipinski definition) is 5. The average Bonchev–Trinajstić information content (AvgIpc) is 3.01. The van der Waals surface area contributed by atoms with Crippen molar-refractivity contribution < 1.29 is 4.52 Å². The number of nitrogens with one attached hydrogen (secondary N) is 1. The molecular weight excluding hydrogens is 242 g/mol. The molecular formula is C13H19N5O. The molecule has 1 aliphatic heterocycles. The summed E-state index contributed by atoms with van der Waals surface area (Å²) in [4.78, 5) is 6.66. The topological polar surface area (TPSA) is 70.8 Å². The van der Waals surface area contributed by atoms with Crippen LogP contribution in [0.2, 0.25) is 0 Å². The van der Waals surface area contributed by atoms with Gasteiger partial charge in [-0.25, -0.2) is 0 Å². The number of piperidine rings is 1. The van der Waals surface area contributed by atoms with Gasteiger partial charge in [-0.1, -0.05) is 12.1 Å². The highest BCUT2D eigenvalue weighted by Crippen LogP contribution is 2.32. The lowest BCUT2D eigenvalue weighted by molar-refractivity contribution is 0.143. The fraction of sp³-hybridized carbons (Fsp3) is 0.615. The number of H-pyrrole nitrogens is 1. The van der Waals surface area contributed by atoms with Gasteiger partial charge in [-0.15, -0.1) is 0 Å². The molecule has 1 fully saturated rings. The van der Waals surface area contributed by atoms with Crippen molar-refractivity contribution in [2.75, 3.05) is 13.1 Å². The third-order valence-corrected chi connectivity index (χ3v) is 3.86. The molecule has 0 bridgehead atoms. The lowest BCUT2D eigenvalue weighted by Crippen LogP contribution is -2.44. The molecule has 102 valence electrons. The van der Waals surface area contributed by atoms with Gasteiger partial charge in [0.1, 0.15) is 0 Å². The minimum absolute atomic E-state index is 0.132. The van der Waals surface area contributed by atoms with Crippen molar-refractivity contribution in [3.8, 4) is 0 Å². The van der Waals surface area contributed by atoms with Gasteiger partial charge in [0, 0.05) is 30.8 Å². The first kappa shape index (κ1) is 12.3. The van der Waals surface area contributed by atoms with Gasteiger partial charge in [0.2, 0.25) is 5.89 Å². The Hall–Kier alpha value is -1.69. The highest BCUT2D eigenvalue weighted by atomic mass is 16.5. The SMILES string of the molecule is Cc1nc(CN2CCC[C@@](C)(c3ccn[nH]3)C2)no1. The molecule has 0 radical (unpaired) electrons. The summed E-state index contributed by atoms with van der Waals surface area (Å²) >= 11 is 0. The van der Waals surface area contributed by atoms with E-state index in [9.17, 15) is 0 Å². The molecule has 1 atom stereocenters. The second-order valence-corrected chi connectivity index (χ2v) is 5.57. The van der Waals surface area contributed by atoms with Gasteiger partial charge >= 0.3 is 0 Å². The Morgan fingerprint density at radius 2 is 2.42 bits per heavy atom. The quantitative estimate of drug-likeness (QED) is 0.909. The summed E-state index contributed by atoms with van der Waals surface area (Å²) < 4.78 is 5.03. The van der Waals surface area contributed by atoms with Crippen molar-refractivity contribution in [1.82, 2.24) is 25.2 Å². The molecule has 1 N–H and O–H groups in total. The van der Waals surface area contributed by atoms with E-state index in [1.54, 1.807) is 0 Å². The van der Waals surface area contributed by atoms with E-state index in [-0.39, 0.29) is 5.41 Å². The van der Waals surface area contributed by atoms with Crippen LogP contribution in [0.15, 0.2) is 16.8 Å². The standard InChI is InChI=1S/C13H19N5O/c1-10-15-12(17-19-10)8-18-7-3-5-13(2,9-18)11-4-6-14-16-11/h4,6H,3,5,7-9H2,1-2H3,(H,14,16)/t13-/m1/s1. The number of aromatic nitrogens is 4. The molecule has 19 heavy (non-hydrogen) atoms. The Bertz CT molecular complexity index is 535. The first-order chi connectivity index (χ1) is 9.16. The second-order valence-electron chi connectivity index (χ2n) is 5.57. The summed E-state index contributed by atoms with van der Waals surface area (Å²) in [6, 6.07) is 2.07. The summed E-state index contributed by atoms with van der Waals surface area (Å²) in [5.74, 6) is 1.40. The van der Waals surface area contributed by atoms with Gasteiger partial charge in [0.15, 0.2) is 5.82 Å². The highest BCUT2D eigenvalue weighted by molar-refractivity contribution is 5.15. The summed E-state index contributed by atoms with van der Waals surface area (Å²) in [6.07, 6.45) is 4.17. The largest absolute Gasteiger partial charge is 0.340 e. The minimum atomic E-state index is 0.132. The molecule has 0 aliphatic carbocycles. The van der Waals surface area contributed by atoms with Crippen molar-refractivity contribution >= 4 is 0 Å². The molecule has 3 rings (SSSR count). The van der Waals surface area contributed by atoms with Crippen LogP contribution in [0.3, 0.4) is 0 Å². The monoisotopic (exact) mass is 261 g/mol. The molecule has 6 nitrogen and oxygen atoms in total. The summed E-state index contributed by atoms with van der Waals surface area (Å²) in [6.45, 7) is 6.93. The number of nitrogens with zero attached hydrogens (tertiary/aromatic N) is 4. The van der Waals surface area contributed by atoms with E-state index in [0.29, 0.717) is 5.89 Å². The fourth-order valence-corrected chi connectivity index (χ4v) is 2.90. The molecule has 0 amide bonds. The van der Waals surface area contributed by atoms with E-state index in [2.05, 4.69) is 38.2 Å². The first-order valence-corrected chi connectivity index (χ1v) is 6.67. The summed E-state index contributed by atoms with van der Waals surface area (Å²) in [7, 11) is 0. The van der Waals surface area contributed by atoms with Crippen molar-refractivity contribution in [2.24, 2.45) is 0 Å². The fourth-order valence-electron chi connectivity index (χ4n) is 2.90. The van der Waals surface area contributed by atoms with Crippen LogP contribution in [0, 0.1) is 6.92 Å². The van der Waals surface area contributed by atoms with Crippen LogP contribution < -0.4 is 0 Å².